The summed E-state index contributed by atoms with van der Waals surface area (Å²) in [7, 11) is 1.66. The van der Waals surface area contributed by atoms with E-state index in [-0.39, 0.29) is 5.91 Å². The van der Waals surface area contributed by atoms with Gasteiger partial charge in [0.15, 0.2) is 5.82 Å². The van der Waals surface area contributed by atoms with Crippen molar-refractivity contribution in [3.05, 3.63) is 47.8 Å². The lowest BCUT2D eigenvalue weighted by Gasteiger charge is -2.13. The Morgan fingerprint density at radius 1 is 1.25 bits per heavy atom. The van der Waals surface area contributed by atoms with Crippen molar-refractivity contribution < 1.29 is 9.90 Å². The average Bonchev–Trinajstić information content (AvgIpc) is 2.95. The van der Waals surface area contributed by atoms with Gasteiger partial charge in [0.1, 0.15) is 11.8 Å². The number of aliphatic hydroxyl groups is 1. The molecule has 3 heterocycles. The van der Waals surface area contributed by atoms with Gasteiger partial charge in [0.2, 0.25) is 5.60 Å². The van der Waals surface area contributed by atoms with Crippen LogP contribution in [-0.2, 0) is 4.79 Å². The van der Waals surface area contributed by atoms with Crippen LogP contribution in [-0.4, -0.2) is 50.1 Å². The summed E-state index contributed by atoms with van der Waals surface area (Å²) >= 11 is 0. The third-order valence-corrected chi connectivity index (χ3v) is 4.89. The van der Waals surface area contributed by atoms with Gasteiger partial charge in [0.25, 0.3) is 5.91 Å². The highest BCUT2D eigenvalue weighted by molar-refractivity contribution is 5.91. The largest absolute Gasteiger partial charge is 0.382 e. The molecule has 4 rings (SSSR count). The van der Waals surface area contributed by atoms with Crippen LogP contribution in [0.1, 0.15) is 17.5 Å². The van der Waals surface area contributed by atoms with Crippen LogP contribution < -0.4 is 5.73 Å². The summed E-state index contributed by atoms with van der Waals surface area (Å²) in [5.74, 6) is 5.63. The maximum Gasteiger partial charge on any atom is 0.267 e. The van der Waals surface area contributed by atoms with Crippen LogP contribution in [0.4, 0.5) is 5.82 Å². The Kier molecular flexibility index (Phi) is 4.21. The first kappa shape index (κ1) is 17.9. The summed E-state index contributed by atoms with van der Waals surface area (Å²) < 4.78 is 0. The van der Waals surface area contributed by atoms with E-state index in [2.05, 4.69) is 26.8 Å². The van der Waals surface area contributed by atoms with E-state index in [1.807, 2.05) is 37.3 Å². The highest BCUT2D eigenvalue weighted by atomic mass is 16.3. The fourth-order valence-electron chi connectivity index (χ4n) is 3.27. The van der Waals surface area contributed by atoms with Crippen molar-refractivity contribution in [3.63, 3.8) is 0 Å². The smallest absolute Gasteiger partial charge is 0.267 e. The Morgan fingerprint density at radius 3 is 2.82 bits per heavy atom. The molecule has 1 aliphatic heterocycles. The van der Waals surface area contributed by atoms with Gasteiger partial charge in [0.05, 0.1) is 11.2 Å². The quantitative estimate of drug-likeness (QED) is 0.627. The molecule has 3 N–H and O–H groups in total. The van der Waals surface area contributed by atoms with E-state index in [9.17, 15) is 9.90 Å². The molecule has 1 fully saturated rings. The number of likely N-dealkylation sites (N-methyl/N-ethyl adjacent to an activating group) is 1. The van der Waals surface area contributed by atoms with E-state index >= 15 is 0 Å². The van der Waals surface area contributed by atoms with Crippen molar-refractivity contribution >= 4 is 22.8 Å². The molecule has 1 saturated heterocycles. The number of nitrogen functional groups attached to an aromatic ring is 1. The van der Waals surface area contributed by atoms with E-state index < -0.39 is 5.60 Å². The maximum absolute atomic E-state index is 12.1. The lowest BCUT2D eigenvalue weighted by atomic mass is 10.0. The molecule has 1 aromatic carbocycles. The van der Waals surface area contributed by atoms with Crippen LogP contribution in [0.3, 0.4) is 0 Å². The summed E-state index contributed by atoms with van der Waals surface area (Å²) in [6, 6.07) is 9.41. The zero-order chi connectivity index (χ0) is 19.9. The van der Waals surface area contributed by atoms with E-state index in [0.29, 0.717) is 29.9 Å². The molecule has 0 unspecified atom stereocenters. The number of pyridine rings is 1. The van der Waals surface area contributed by atoms with Gasteiger partial charge in [0, 0.05) is 31.1 Å². The molecule has 0 spiro atoms. The molecule has 0 bridgehead atoms. The second-order valence-electron chi connectivity index (χ2n) is 6.95. The number of benzene rings is 1. The zero-order valence-electron chi connectivity index (χ0n) is 15.6. The summed E-state index contributed by atoms with van der Waals surface area (Å²) in [6.07, 6.45) is 1.73. The fourth-order valence-corrected chi connectivity index (χ4v) is 3.27. The van der Waals surface area contributed by atoms with Gasteiger partial charge >= 0.3 is 0 Å². The van der Waals surface area contributed by atoms with Gasteiger partial charge in [-0.05, 0) is 30.7 Å². The minimum Gasteiger partial charge on any atom is -0.382 e. The van der Waals surface area contributed by atoms with Crippen molar-refractivity contribution in [1.82, 2.24) is 19.9 Å². The molecule has 2 aromatic heterocycles. The van der Waals surface area contributed by atoms with Crippen molar-refractivity contribution in [1.29, 1.82) is 0 Å². The number of nitrogens with two attached hydrogens (primary N) is 1. The van der Waals surface area contributed by atoms with Gasteiger partial charge in [-0.15, -0.1) is 0 Å². The maximum atomic E-state index is 12.1. The number of rotatable bonds is 1. The average molecular weight is 373 g/mol. The molecule has 0 aliphatic carbocycles. The van der Waals surface area contributed by atoms with Crippen molar-refractivity contribution in [2.24, 2.45) is 0 Å². The Hall–Kier alpha value is -3.50. The van der Waals surface area contributed by atoms with Crippen LogP contribution in [0.15, 0.2) is 36.7 Å². The third-order valence-electron chi connectivity index (χ3n) is 4.89. The second-order valence-corrected chi connectivity index (χ2v) is 6.95. The third kappa shape index (κ3) is 3.04. The fraction of sp³-hybridized carbons (Fsp3) is 0.238. The Bertz CT molecular complexity index is 1160. The SMILES string of the molecule is Cc1cc(-c2cccc(C#C[C@@]3(O)CCN(C)C3=O)c2)nc2c(N)ncnc12. The van der Waals surface area contributed by atoms with Crippen molar-refractivity contribution in [2.45, 2.75) is 18.9 Å². The molecule has 0 radical (unpaired) electrons. The molecule has 1 aliphatic rings. The summed E-state index contributed by atoms with van der Waals surface area (Å²) in [5, 5.41) is 10.5. The summed E-state index contributed by atoms with van der Waals surface area (Å²) in [5.41, 5.74) is 8.83. The summed E-state index contributed by atoms with van der Waals surface area (Å²) in [6.45, 7) is 2.44. The van der Waals surface area contributed by atoms with E-state index in [4.69, 9.17) is 5.73 Å². The Morgan fingerprint density at radius 2 is 2.07 bits per heavy atom. The van der Waals surface area contributed by atoms with Gasteiger partial charge in [-0.25, -0.2) is 15.0 Å². The number of aryl methyl sites for hydroxylation is 1. The lowest BCUT2D eigenvalue weighted by molar-refractivity contribution is -0.137. The van der Waals surface area contributed by atoms with Crippen molar-refractivity contribution in [3.8, 4) is 23.1 Å². The van der Waals surface area contributed by atoms with Crippen LogP contribution in [0.5, 0.6) is 0 Å². The molecule has 3 aromatic rings. The standard InChI is InChI=1S/C21H19N5O2/c1-13-10-16(25-18-17(13)23-12-24-19(18)22)15-5-3-4-14(11-15)6-7-21(28)8-9-26(2)20(21)27/h3-5,10-12,28H,8-9H2,1-2H3,(H2,22,23,24)/t21-/m1/s1. The predicted molar refractivity (Wildman–Crippen MR) is 106 cm³/mol. The molecule has 28 heavy (non-hydrogen) atoms. The first-order chi connectivity index (χ1) is 13.4. The minimum absolute atomic E-state index is 0.305. The first-order valence-electron chi connectivity index (χ1n) is 8.87. The minimum atomic E-state index is -1.62. The number of likely N-dealkylation sites (tertiary alicyclic amines) is 1. The molecule has 7 heteroatoms. The Labute approximate surface area is 162 Å². The van der Waals surface area contributed by atoms with E-state index in [1.54, 1.807) is 7.05 Å². The highest BCUT2D eigenvalue weighted by Crippen LogP contribution is 2.26. The molecular weight excluding hydrogens is 354 g/mol. The number of hydrogen-bond donors (Lipinski definition) is 2. The summed E-state index contributed by atoms with van der Waals surface area (Å²) in [4.78, 5) is 26.4. The zero-order valence-corrected chi connectivity index (χ0v) is 15.6. The van der Waals surface area contributed by atoms with Gasteiger partial charge in [-0.3, -0.25) is 4.79 Å². The van der Waals surface area contributed by atoms with Gasteiger partial charge in [-0.1, -0.05) is 24.0 Å². The molecule has 140 valence electrons. The predicted octanol–water partition coefficient (Wildman–Crippen LogP) is 1.53. The number of hydrogen-bond acceptors (Lipinski definition) is 6. The van der Waals surface area contributed by atoms with Gasteiger partial charge in [-0.2, -0.15) is 0 Å². The number of anilines is 1. The van der Waals surface area contributed by atoms with Crippen molar-refractivity contribution in [2.75, 3.05) is 19.3 Å². The number of fused-ring (bicyclic) bond motifs is 1. The number of nitrogens with zero attached hydrogens (tertiary/aromatic N) is 4. The van der Waals surface area contributed by atoms with Crippen LogP contribution >= 0.6 is 0 Å². The monoisotopic (exact) mass is 373 g/mol. The molecule has 0 saturated carbocycles. The number of carbonyl (C=O) groups excluding carboxylic acids is 1. The highest BCUT2D eigenvalue weighted by Gasteiger charge is 2.42. The molecule has 1 amide bonds. The molecular formula is C21H19N5O2. The lowest BCUT2D eigenvalue weighted by Crippen LogP contribution is -2.37. The van der Waals surface area contributed by atoms with E-state index in [0.717, 1.165) is 22.3 Å². The molecule has 1 atom stereocenters. The van der Waals surface area contributed by atoms with Gasteiger partial charge < -0.3 is 15.7 Å². The normalized spacial score (nSPS) is 19.0. The number of aromatic nitrogens is 3. The van der Waals surface area contributed by atoms with Crippen LogP contribution in [0, 0.1) is 18.8 Å². The topological polar surface area (TPSA) is 105 Å². The first-order valence-corrected chi connectivity index (χ1v) is 8.87. The second kappa shape index (κ2) is 6.59. The molecule has 7 nitrogen and oxygen atoms in total. The van der Waals surface area contributed by atoms with Crippen LogP contribution in [0.25, 0.3) is 22.3 Å². The van der Waals surface area contributed by atoms with Crippen LogP contribution in [0.2, 0.25) is 0 Å². The Balaban J connectivity index is 1.73. The number of amides is 1. The van der Waals surface area contributed by atoms with E-state index in [1.165, 1.54) is 11.2 Å². The number of carbonyl (C=O) groups is 1.